The van der Waals surface area contributed by atoms with Gasteiger partial charge in [-0.25, -0.2) is 0 Å². The van der Waals surface area contributed by atoms with Gasteiger partial charge in [0.05, 0.1) is 0 Å². The first-order valence-corrected chi connectivity index (χ1v) is 5.72. The molecule has 0 aliphatic rings. The van der Waals surface area contributed by atoms with Crippen molar-refractivity contribution in [2.75, 3.05) is 6.54 Å². The van der Waals surface area contributed by atoms with Crippen LogP contribution < -0.4 is 5.73 Å². The maximum Gasteiger partial charge on any atom is -0.00515 e. The molecule has 0 aromatic rings. The Morgan fingerprint density at radius 3 is 2.31 bits per heavy atom. The molecule has 2 N–H and O–H groups in total. The average Bonchev–Trinajstić information content (AvgIpc) is 2.11. The molecule has 0 spiro atoms. The van der Waals surface area contributed by atoms with Crippen LogP contribution in [0.4, 0.5) is 0 Å². The van der Waals surface area contributed by atoms with Crippen molar-refractivity contribution >= 4 is 0 Å². The van der Waals surface area contributed by atoms with Crippen molar-refractivity contribution in [3.63, 3.8) is 0 Å². The van der Waals surface area contributed by atoms with Crippen LogP contribution in [-0.2, 0) is 0 Å². The summed E-state index contributed by atoms with van der Waals surface area (Å²) in [6.45, 7) is 10.1. The average molecular weight is 185 g/mol. The predicted octanol–water partition coefficient (Wildman–Crippen LogP) is 3.58. The molecular weight excluding hydrogens is 158 g/mol. The van der Waals surface area contributed by atoms with E-state index in [9.17, 15) is 0 Å². The molecule has 0 saturated heterocycles. The number of hydrogen-bond donors (Lipinski definition) is 1. The van der Waals surface area contributed by atoms with Gasteiger partial charge >= 0.3 is 0 Å². The molecule has 0 radical (unpaired) electrons. The van der Waals surface area contributed by atoms with Gasteiger partial charge in [0.1, 0.15) is 0 Å². The summed E-state index contributed by atoms with van der Waals surface area (Å²) in [6.07, 6.45) is 6.65. The van der Waals surface area contributed by atoms with Gasteiger partial charge in [0.2, 0.25) is 0 Å². The van der Waals surface area contributed by atoms with E-state index in [2.05, 4.69) is 27.7 Å². The van der Waals surface area contributed by atoms with E-state index in [0.29, 0.717) is 11.3 Å². The summed E-state index contributed by atoms with van der Waals surface area (Å²) in [7, 11) is 0. The van der Waals surface area contributed by atoms with E-state index in [1.807, 2.05) is 0 Å². The highest BCUT2D eigenvalue weighted by Crippen LogP contribution is 2.30. The van der Waals surface area contributed by atoms with Crippen molar-refractivity contribution in [2.24, 2.45) is 17.1 Å². The summed E-state index contributed by atoms with van der Waals surface area (Å²) in [5.41, 5.74) is 6.13. The lowest BCUT2D eigenvalue weighted by molar-refractivity contribution is 0.271. The second-order valence-electron chi connectivity index (χ2n) is 5.15. The Morgan fingerprint density at radius 1 is 1.23 bits per heavy atom. The first-order chi connectivity index (χ1) is 6.02. The monoisotopic (exact) mass is 185 g/mol. The Labute approximate surface area is 84.1 Å². The van der Waals surface area contributed by atoms with Crippen molar-refractivity contribution in [3.05, 3.63) is 0 Å². The van der Waals surface area contributed by atoms with Gasteiger partial charge in [0.25, 0.3) is 0 Å². The van der Waals surface area contributed by atoms with Crippen LogP contribution in [-0.4, -0.2) is 6.54 Å². The molecule has 0 rings (SSSR count). The van der Waals surface area contributed by atoms with Gasteiger partial charge in [0, 0.05) is 0 Å². The van der Waals surface area contributed by atoms with Gasteiger partial charge in [-0.15, -0.1) is 0 Å². The van der Waals surface area contributed by atoms with Crippen molar-refractivity contribution in [1.29, 1.82) is 0 Å². The smallest absolute Gasteiger partial charge is 0.00515 e. The normalized spacial score (nSPS) is 14.5. The maximum absolute atomic E-state index is 5.60. The van der Waals surface area contributed by atoms with Crippen LogP contribution in [0.1, 0.15) is 59.8 Å². The summed E-state index contributed by atoms with van der Waals surface area (Å²) in [6, 6.07) is 0. The van der Waals surface area contributed by atoms with Gasteiger partial charge in [-0.3, -0.25) is 0 Å². The summed E-state index contributed by atoms with van der Waals surface area (Å²) < 4.78 is 0. The summed E-state index contributed by atoms with van der Waals surface area (Å²) >= 11 is 0. The first-order valence-electron chi connectivity index (χ1n) is 5.72. The third kappa shape index (κ3) is 7.06. The fourth-order valence-corrected chi connectivity index (χ4v) is 1.54. The molecule has 0 aliphatic heterocycles. The molecule has 0 heterocycles. The Balaban J connectivity index is 3.61. The molecule has 1 atom stereocenters. The Hall–Kier alpha value is -0.0400. The van der Waals surface area contributed by atoms with Crippen LogP contribution >= 0.6 is 0 Å². The van der Waals surface area contributed by atoms with E-state index in [0.717, 1.165) is 6.54 Å². The van der Waals surface area contributed by atoms with Crippen LogP contribution in [0.25, 0.3) is 0 Å². The number of rotatable bonds is 7. The van der Waals surface area contributed by atoms with Gasteiger partial charge in [0.15, 0.2) is 0 Å². The number of nitrogens with two attached hydrogens (primary N) is 1. The van der Waals surface area contributed by atoms with E-state index < -0.39 is 0 Å². The molecule has 0 aromatic heterocycles. The molecular formula is C12H27N. The third-order valence-electron chi connectivity index (χ3n) is 2.92. The quantitative estimate of drug-likeness (QED) is 0.644. The molecule has 1 heteroatoms. The van der Waals surface area contributed by atoms with E-state index in [4.69, 9.17) is 5.73 Å². The maximum atomic E-state index is 5.60. The Morgan fingerprint density at radius 2 is 1.85 bits per heavy atom. The summed E-state index contributed by atoms with van der Waals surface area (Å²) in [5, 5.41) is 0. The molecule has 0 saturated carbocycles. The SMILES string of the molecule is CCCCC(C)(C)CCC(C)CN. The lowest BCUT2D eigenvalue weighted by atomic mass is 9.81. The molecule has 13 heavy (non-hydrogen) atoms. The second kappa shape index (κ2) is 6.42. The van der Waals surface area contributed by atoms with E-state index in [1.165, 1.54) is 32.1 Å². The minimum Gasteiger partial charge on any atom is -0.330 e. The highest BCUT2D eigenvalue weighted by Gasteiger charge is 2.17. The largest absolute Gasteiger partial charge is 0.330 e. The third-order valence-corrected chi connectivity index (χ3v) is 2.92. The fourth-order valence-electron chi connectivity index (χ4n) is 1.54. The molecule has 1 unspecified atom stereocenters. The van der Waals surface area contributed by atoms with E-state index in [-0.39, 0.29) is 0 Å². The molecule has 0 aromatic carbocycles. The number of unbranched alkanes of at least 4 members (excludes halogenated alkanes) is 1. The second-order valence-corrected chi connectivity index (χ2v) is 5.15. The minimum atomic E-state index is 0.527. The highest BCUT2D eigenvalue weighted by molar-refractivity contribution is 4.70. The van der Waals surface area contributed by atoms with Gasteiger partial charge in [-0.1, -0.05) is 40.5 Å². The topological polar surface area (TPSA) is 26.0 Å². The zero-order chi connectivity index (χ0) is 10.3. The number of hydrogen-bond acceptors (Lipinski definition) is 1. The lowest BCUT2D eigenvalue weighted by Crippen LogP contribution is -2.16. The summed E-state index contributed by atoms with van der Waals surface area (Å²) in [5.74, 6) is 0.695. The zero-order valence-corrected chi connectivity index (χ0v) is 9.90. The molecule has 0 amide bonds. The standard InChI is InChI=1S/C12H27N/c1-5-6-8-12(3,4)9-7-11(2)10-13/h11H,5-10,13H2,1-4H3. The first kappa shape index (κ1) is 13.0. The van der Waals surface area contributed by atoms with Crippen LogP contribution in [0.15, 0.2) is 0 Å². The fraction of sp³-hybridized carbons (Fsp3) is 1.00. The lowest BCUT2D eigenvalue weighted by Gasteiger charge is -2.25. The van der Waals surface area contributed by atoms with Crippen LogP contribution in [0, 0.1) is 11.3 Å². The Bertz CT molecular complexity index is 118. The summed E-state index contributed by atoms with van der Waals surface area (Å²) in [4.78, 5) is 0. The zero-order valence-electron chi connectivity index (χ0n) is 9.90. The van der Waals surface area contributed by atoms with E-state index in [1.54, 1.807) is 0 Å². The van der Waals surface area contributed by atoms with Crippen LogP contribution in [0.2, 0.25) is 0 Å². The highest BCUT2D eigenvalue weighted by atomic mass is 14.5. The van der Waals surface area contributed by atoms with E-state index >= 15 is 0 Å². The van der Waals surface area contributed by atoms with Crippen LogP contribution in [0.3, 0.4) is 0 Å². The van der Waals surface area contributed by atoms with Gasteiger partial charge in [-0.2, -0.15) is 0 Å². The Kier molecular flexibility index (Phi) is 6.40. The van der Waals surface area contributed by atoms with Crippen molar-refractivity contribution in [3.8, 4) is 0 Å². The molecule has 0 bridgehead atoms. The molecule has 0 fully saturated rings. The van der Waals surface area contributed by atoms with Crippen molar-refractivity contribution in [1.82, 2.24) is 0 Å². The van der Waals surface area contributed by atoms with Crippen molar-refractivity contribution in [2.45, 2.75) is 59.8 Å². The van der Waals surface area contributed by atoms with Crippen molar-refractivity contribution < 1.29 is 0 Å². The van der Waals surface area contributed by atoms with Crippen LogP contribution in [0.5, 0.6) is 0 Å². The molecule has 0 aliphatic carbocycles. The van der Waals surface area contributed by atoms with Gasteiger partial charge in [-0.05, 0) is 37.1 Å². The predicted molar refractivity (Wildman–Crippen MR) is 60.8 cm³/mol. The molecule has 1 nitrogen and oxygen atoms in total. The van der Waals surface area contributed by atoms with Gasteiger partial charge < -0.3 is 5.73 Å². The minimum absolute atomic E-state index is 0.527. The molecule has 80 valence electrons.